The van der Waals surface area contributed by atoms with E-state index >= 15 is 0 Å². The van der Waals surface area contributed by atoms with Crippen molar-refractivity contribution in [2.75, 3.05) is 26.0 Å². The molecule has 1 N–H and O–H groups in total. The Morgan fingerprint density at radius 3 is 2.71 bits per heavy atom. The van der Waals surface area contributed by atoms with Crippen LogP contribution in [0.25, 0.3) is 10.9 Å². The highest BCUT2D eigenvalue weighted by atomic mass is 32.2. The van der Waals surface area contributed by atoms with Crippen LogP contribution in [0.5, 0.6) is 0 Å². The second kappa shape index (κ2) is 11.5. The number of nitrogens with zero attached hydrogens (tertiary/aromatic N) is 5. The Labute approximate surface area is 223 Å². The van der Waals surface area contributed by atoms with Crippen LogP contribution in [0.4, 0.5) is 0 Å². The fraction of sp³-hybridized carbons (Fsp3) is 0.556. The molecule has 0 spiro atoms. The number of ether oxygens (including phenoxy) is 1. The number of rotatable bonds is 8. The summed E-state index contributed by atoms with van der Waals surface area (Å²) in [4.78, 5) is 22.8. The Morgan fingerprint density at radius 2 is 1.97 bits per heavy atom. The lowest BCUT2D eigenvalue weighted by Crippen LogP contribution is -2.54. The molecule has 1 aromatic carbocycles. The maximum Gasteiger partial charge on any atom is 0.228 e. The lowest BCUT2D eigenvalue weighted by Gasteiger charge is -2.39. The van der Waals surface area contributed by atoms with E-state index in [0.717, 1.165) is 31.2 Å². The Balaban J connectivity index is 1.17. The number of aryl methyl sites for hydroxylation is 1. The van der Waals surface area contributed by atoms with Crippen LogP contribution >= 0.6 is 0 Å². The second-order valence-electron chi connectivity index (χ2n) is 10.7. The first-order chi connectivity index (χ1) is 18.2. The van der Waals surface area contributed by atoms with E-state index in [1.165, 1.54) is 23.5 Å². The maximum atomic E-state index is 12.9. The van der Waals surface area contributed by atoms with Crippen molar-refractivity contribution in [3.8, 4) is 0 Å². The van der Waals surface area contributed by atoms with Crippen LogP contribution in [0.1, 0.15) is 49.3 Å². The number of hydrogen-bond donors (Lipinski definition) is 1. The summed E-state index contributed by atoms with van der Waals surface area (Å²) in [7, 11) is -1.41. The van der Waals surface area contributed by atoms with Crippen molar-refractivity contribution in [2.24, 2.45) is 13.0 Å². The van der Waals surface area contributed by atoms with Gasteiger partial charge in [0, 0.05) is 43.7 Å². The molecule has 0 unspecified atom stereocenters. The quantitative estimate of drug-likeness (QED) is 0.466. The minimum Gasteiger partial charge on any atom is -0.378 e. The fourth-order valence-corrected chi connectivity index (χ4v) is 6.67. The Hall–Kier alpha value is -2.89. The number of nitrogens with one attached hydrogen (secondary N) is 1. The van der Waals surface area contributed by atoms with E-state index in [-0.39, 0.29) is 30.4 Å². The zero-order chi connectivity index (χ0) is 26.7. The molecule has 204 valence electrons. The highest BCUT2D eigenvalue weighted by molar-refractivity contribution is 7.88. The summed E-state index contributed by atoms with van der Waals surface area (Å²) in [6.07, 6.45) is 11.1. The van der Waals surface area contributed by atoms with Crippen molar-refractivity contribution in [3.63, 3.8) is 0 Å². The molecular weight excluding hydrogens is 504 g/mol. The third-order valence-electron chi connectivity index (χ3n) is 7.89. The normalized spacial score (nSPS) is 24.5. The molecule has 3 aromatic rings. The molecule has 10 nitrogen and oxygen atoms in total. The SMILES string of the molecule is Cn1ncc2cc(C3CCC(OC[C@@H]4CN(C(=O)Cc5ccncn5)CC[C@@H]4NS(C)(=O)=O)CC3)ccc21. The van der Waals surface area contributed by atoms with Gasteiger partial charge in [0.25, 0.3) is 0 Å². The first-order valence-corrected chi connectivity index (χ1v) is 15.2. The van der Waals surface area contributed by atoms with Gasteiger partial charge in [-0.15, -0.1) is 0 Å². The van der Waals surface area contributed by atoms with Crippen molar-refractivity contribution in [2.45, 2.75) is 56.6 Å². The summed E-state index contributed by atoms with van der Waals surface area (Å²) >= 11 is 0. The second-order valence-corrected chi connectivity index (χ2v) is 12.4. The van der Waals surface area contributed by atoms with Crippen LogP contribution in [0.2, 0.25) is 0 Å². The molecule has 2 aliphatic rings. The summed E-state index contributed by atoms with van der Waals surface area (Å²) in [5.41, 5.74) is 3.17. The fourth-order valence-electron chi connectivity index (χ4n) is 5.81. The predicted octanol–water partition coefficient (Wildman–Crippen LogP) is 2.42. The highest BCUT2D eigenvalue weighted by Gasteiger charge is 2.34. The third-order valence-corrected chi connectivity index (χ3v) is 8.62. The molecule has 1 amide bonds. The molecular formula is C27H36N6O4S. The van der Waals surface area contributed by atoms with E-state index in [2.05, 4.69) is 38.0 Å². The van der Waals surface area contributed by atoms with Gasteiger partial charge in [-0.05, 0) is 61.8 Å². The third kappa shape index (κ3) is 6.57. The van der Waals surface area contributed by atoms with Gasteiger partial charge in [-0.25, -0.2) is 23.1 Å². The number of fused-ring (bicyclic) bond motifs is 1. The number of piperidine rings is 1. The lowest BCUT2D eigenvalue weighted by atomic mass is 9.82. The molecule has 0 radical (unpaired) electrons. The van der Waals surface area contributed by atoms with Crippen molar-refractivity contribution in [1.29, 1.82) is 0 Å². The van der Waals surface area contributed by atoms with Crippen molar-refractivity contribution < 1.29 is 17.9 Å². The van der Waals surface area contributed by atoms with Crippen LogP contribution in [0.3, 0.4) is 0 Å². The van der Waals surface area contributed by atoms with Crippen LogP contribution in [-0.4, -0.2) is 77.1 Å². The van der Waals surface area contributed by atoms with Crippen LogP contribution in [-0.2, 0) is 33.0 Å². The Kier molecular flexibility index (Phi) is 8.06. The summed E-state index contributed by atoms with van der Waals surface area (Å²) in [6, 6.07) is 8.10. The molecule has 2 fully saturated rings. The zero-order valence-electron chi connectivity index (χ0n) is 22.0. The average Bonchev–Trinajstić information content (AvgIpc) is 3.28. The molecule has 0 bridgehead atoms. The highest BCUT2D eigenvalue weighted by Crippen LogP contribution is 2.35. The van der Waals surface area contributed by atoms with Gasteiger partial charge in [-0.3, -0.25) is 9.48 Å². The number of carbonyl (C=O) groups is 1. The molecule has 1 aliphatic carbocycles. The molecule has 1 aliphatic heterocycles. The van der Waals surface area contributed by atoms with Crippen LogP contribution in [0.15, 0.2) is 43.0 Å². The van der Waals surface area contributed by atoms with Gasteiger partial charge in [0.2, 0.25) is 15.9 Å². The maximum absolute atomic E-state index is 12.9. The largest absolute Gasteiger partial charge is 0.378 e. The summed E-state index contributed by atoms with van der Waals surface area (Å²) in [5.74, 6) is 0.375. The number of amides is 1. The van der Waals surface area contributed by atoms with Gasteiger partial charge in [0.05, 0.1) is 42.8 Å². The molecule has 11 heteroatoms. The molecule has 5 rings (SSSR count). The predicted molar refractivity (Wildman–Crippen MR) is 144 cm³/mol. The van der Waals surface area contributed by atoms with E-state index < -0.39 is 10.0 Å². The number of carbonyl (C=O) groups excluding carboxylic acids is 1. The molecule has 1 saturated heterocycles. The number of sulfonamides is 1. The van der Waals surface area contributed by atoms with Gasteiger partial charge in [0.1, 0.15) is 6.33 Å². The standard InChI is InChI=1S/C27H36N6O4S/c1-32-26-8-5-20(13-21(26)15-30-32)19-3-6-24(7-4-19)37-17-22-16-33(12-10-25(22)31-38(2,35)36)27(34)14-23-9-11-28-18-29-23/h5,8-9,11,13,15,18-19,22,24-25,31H,3-4,6-7,10,12,14,16-17H2,1-2H3/t19?,22-,24?,25-/m0/s1. The van der Waals surface area contributed by atoms with E-state index in [9.17, 15) is 13.2 Å². The summed E-state index contributed by atoms with van der Waals surface area (Å²) in [5, 5.41) is 5.52. The topological polar surface area (TPSA) is 119 Å². The summed E-state index contributed by atoms with van der Waals surface area (Å²) < 4.78 is 35.1. The minimum absolute atomic E-state index is 0.0161. The minimum atomic E-state index is -3.37. The first kappa shape index (κ1) is 26.7. The number of hydrogen-bond acceptors (Lipinski definition) is 7. The lowest BCUT2D eigenvalue weighted by molar-refractivity contribution is -0.133. The number of aromatic nitrogens is 4. The van der Waals surface area contributed by atoms with Gasteiger partial charge < -0.3 is 9.64 Å². The Bertz CT molecular complexity index is 1350. The van der Waals surface area contributed by atoms with E-state index in [1.807, 2.05) is 22.8 Å². The van der Waals surface area contributed by atoms with E-state index in [4.69, 9.17) is 4.74 Å². The van der Waals surface area contributed by atoms with Crippen molar-refractivity contribution in [1.82, 2.24) is 29.4 Å². The molecule has 2 atom stereocenters. The number of likely N-dealkylation sites (tertiary alicyclic amines) is 1. The van der Waals surface area contributed by atoms with Gasteiger partial charge >= 0.3 is 0 Å². The van der Waals surface area contributed by atoms with E-state index in [1.54, 1.807) is 12.3 Å². The van der Waals surface area contributed by atoms with Crippen LogP contribution < -0.4 is 4.72 Å². The Morgan fingerprint density at radius 1 is 1.16 bits per heavy atom. The molecule has 1 saturated carbocycles. The van der Waals surface area contributed by atoms with Gasteiger partial charge in [0.15, 0.2) is 0 Å². The average molecular weight is 541 g/mol. The van der Waals surface area contributed by atoms with Gasteiger partial charge in [-0.1, -0.05) is 6.07 Å². The van der Waals surface area contributed by atoms with Crippen molar-refractivity contribution >= 4 is 26.8 Å². The smallest absolute Gasteiger partial charge is 0.228 e. The summed E-state index contributed by atoms with van der Waals surface area (Å²) in [6.45, 7) is 1.37. The monoisotopic (exact) mass is 540 g/mol. The van der Waals surface area contributed by atoms with E-state index in [0.29, 0.717) is 37.7 Å². The van der Waals surface area contributed by atoms with Crippen LogP contribution in [0, 0.1) is 5.92 Å². The molecule has 38 heavy (non-hydrogen) atoms. The molecule has 2 aromatic heterocycles. The van der Waals surface area contributed by atoms with Crippen molar-refractivity contribution in [3.05, 3.63) is 54.2 Å². The van der Waals surface area contributed by atoms with Gasteiger partial charge in [-0.2, -0.15) is 5.10 Å². The zero-order valence-corrected chi connectivity index (χ0v) is 22.8. The first-order valence-electron chi connectivity index (χ1n) is 13.3. The molecule has 3 heterocycles. The number of benzene rings is 1.